The first-order valence-corrected chi connectivity index (χ1v) is 13.9. The minimum atomic E-state index is -3.08. The predicted octanol–water partition coefficient (Wildman–Crippen LogP) is 3.99. The van der Waals surface area contributed by atoms with Crippen molar-refractivity contribution in [2.75, 3.05) is 12.8 Å². The standard InChI is InChI=1S/C24H29BrN2O4S/c1-32(30,31)22-5-3-2-4-21(22)16-8-12-20(13-9-16)27-15-19(14-23(27)28)26-24(29)17-6-10-18(25)11-7-17/h6-8,10-12,19,21-22H,2-5,9,13-15H2,1H3,(H,26,29). The van der Waals surface area contributed by atoms with Crippen molar-refractivity contribution >= 4 is 37.6 Å². The first-order chi connectivity index (χ1) is 15.2. The van der Waals surface area contributed by atoms with E-state index in [1.165, 1.54) is 11.8 Å². The molecule has 1 aromatic carbocycles. The zero-order valence-electron chi connectivity index (χ0n) is 18.2. The lowest BCUT2D eigenvalue weighted by Crippen LogP contribution is -2.37. The van der Waals surface area contributed by atoms with E-state index in [1.807, 2.05) is 24.3 Å². The number of carbonyl (C=O) groups is 2. The van der Waals surface area contributed by atoms with Crippen LogP contribution >= 0.6 is 15.9 Å². The molecule has 32 heavy (non-hydrogen) atoms. The predicted molar refractivity (Wildman–Crippen MR) is 128 cm³/mol. The highest BCUT2D eigenvalue weighted by atomic mass is 79.9. The van der Waals surface area contributed by atoms with Crippen molar-refractivity contribution in [3.05, 3.63) is 57.7 Å². The highest BCUT2D eigenvalue weighted by Gasteiger charge is 2.37. The fraction of sp³-hybridized carbons (Fsp3) is 0.500. The zero-order chi connectivity index (χ0) is 22.9. The summed E-state index contributed by atoms with van der Waals surface area (Å²) in [4.78, 5) is 26.9. The second-order valence-electron chi connectivity index (χ2n) is 9.04. The van der Waals surface area contributed by atoms with Crippen LogP contribution in [0.3, 0.4) is 0 Å². The van der Waals surface area contributed by atoms with Gasteiger partial charge >= 0.3 is 0 Å². The van der Waals surface area contributed by atoms with Crippen LogP contribution in [0.5, 0.6) is 0 Å². The van der Waals surface area contributed by atoms with Crippen molar-refractivity contribution in [3.63, 3.8) is 0 Å². The normalized spacial score (nSPS) is 26.5. The van der Waals surface area contributed by atoms with Gasteiger partial charge in [-0.25, -0.2) is 8.42 Å². The average Bonchev–Trinajstić information content (AvgIpc) is 3.13. The maximum atomic E-state index is 12.6. The Kier molecular flexibility index (Phi) is 6.91. The largest absolute Gasteiger partial charge is 0.347 e. The van der Waals surface area contributed by atoms with Crippen LogP contribution in [-0.4, -0.2) is 49.2 Å². The minimum Gasteiger partial charge on any atom is -0.347 e. The van der Waals surface area contributed by atoms with Crippen LogP contribution < -0.4 is 5.32 Å². The maximum absolute atomic E-state index is 12.6. The molecule has 1 saturated carbocycles. The number of nitrogens with one attached hydrogen (secondary N) is 1. The molecule has 3 aliphatic rings. The number of hydrogen-bond donors (Lipinski definition) is 1. The van der Waals surface area contributed by atoms with E-state index in [0.29, 0.717) is 12.1 Å². The van der Waals surface area contributed by atoms with Crippen molar-refractivity contribution in [1.29, 1.82) is 0 Å². The molecular formula is C24H29BrN2O4S. The number of likely N-dealkylation sites (tertiary alicyclic amines) is 1. The third-order valence-corrected chi connectivity index (χ3v) is 8.99. The molecule has 0 aromatic heterocycles. The second kappa shape index (κ2) is 9.51. The third-order valence-electron chi connectivity index (χ3n) is 6.80. The molecular weight excluding hydrogens is 492 g/mol. The van der Waals surface area contributed by atoms with Gasteiger partial charge in [-0.1, -0.05) is 40.4 Å². The van der Waals surface area contributed by atoms with Gasteiger partial charge < -0.3 is 10.2 Å². The molecule has 0 bridgehead atoms. The summed E-state index contributed by atoms with van der Waals surface area (Å²) in [5.41, 5.74) is 2.71. The molecule has 1 N–H and O–H groups in total. The third kappa shape index (κ3) is 5.17. The second-order valence-corrected chi connectivity index (χ2v) is 12.2. The van der Waals surface area contributed by atoms with Gasteiger partial charge in [0, 0.05) is 35.0 Å². The molecule has 3 unspecified atom stereocenters. The molecule has 1 aliphatic heterocycles. The van der Waals surface area contributed by atoms with Crippen molar-refractivity contribution in [1.82, 2.24) is 10.2 Å². The van der Waals surface area contributed by atoms with Gasteiger partial charge in [-0.2, -0.15) is 0 Å². The molecule has 0 spiro atoms. The minimum absolute atomic E-state index is 0.0147. The van der Waals surface area contributed by atoms with E-state index in [0.717, 1.165) is 48.7 Å². The molecule has 0 radical (unpaired) electrons. The van der Waals surface area contributed by atoms with Crippen LogP contribution in [0.15, 0.2) is 52.2 Å². The summed E-state index contributed by atoms with van der Waals surface area (Å²) in [7, 11) is -3.08. The molecule has 172 valence electrons. The van der Waals surface area contributed by atoms with Gasteiger partial charge in [-0.3, -0.25) is 9.59 Å². The molecule has 2 fully saturated rings. The summed E-state index contributed by atoms with van der Waals surface area (Å²) in [6, 6.07) is 6.91. The van der Waals surface area contributed by atoms with Crippen molar-refractivity contribution in [2.24, 2.45) is 5.92 Å². The lowest BCUT2D eigenvalue weighted by Gasteiger charge is -2.34. The molecule has 1 saturated heterocycles. The molecule has 6 nitrogen and oxygen atoms in total. The Morgan fingerprint density at radius 3 is 2.47 bits per heavy atom. The number of halogens is 1. The van der Waals surface area contributed by atoms with Crippen LogP contribution in [0.25, 0.3) is 0 Å². The van der Waals surface area contributed by atoms with Crippen molar-refractivity contribution in [2.45, 2.75) is 56.2 Å². The number of allylic oxidation sites excluding steroid dienone is 4. The average molecular weight is 521 g/mol. The van der Waals surface area contributed by atoms with Crippen molar-refractivity contribution < 1.29 is 18.0 Å². The van der Waals surface area contributed by atoms with Gasteiger partial charge in [0.2, 0.25) is 5.91 Å². The summed E-state index contributed by atoms with van der Waals surface area (Å²) < 4.78 is 25.4. The smallest absolute Gasteiger partial charge is 0.251 e. The van der Waals surface area contributed by atoms with Crippen LogP contribution in [0.4, 0.5) is 0 Å². The Morgan fingerprint density at radius 1 is 1.09 bits per heavy atom. The van der Waals surface area contributed by atoms with Crippen LogP contribution in [0, 0.1) is 5.92 Å². The Balaban J connectivity index is 1.41. The molecule has 4 rings (SSSR count). The number of benzene rings is 1. The van der Waals surface area contributed by atoms with Gasteiger partial charge in [0.1, 0.15) is 0 Å². The van der Waals surface area contributed by atoms with E-state index >= 15 is 0 Å². The first kappa shape index (κ1) is 23.2. The number of sulfone groups is 1. The van der Waals surface area contributed by atoms with Gasteiger partial charge in [-0.15, -0.1) is 0 Å². The quantitative estimate of drug-likeness (QED) is 0.636. The lowest BCUT2D eigenvalue weighted by molar-refractivity contribution is -0.126. The van der Waals surface area contributed by atoms with Crippen LogP contribution in [-0.2, 0) is 14.6 Å². The molecule has 3 atom stereocenters. The maximum Gasteiger partial charge on any atom is 0.251 e. The number of carbonyl (C=O) groups excluding carboxylic acids is 2. The monoisotopic (exact) mass is 520 g/mol. The molecule has 8 heteroatoms. The molecule has 1 aromatic rings. The van der Waals surface area contributed by atoms with Gasteiger partial charge in [0.05, 0.1) is 11.3 Å². The summed E-state index contributed by atoms with van der Waals surface area (Å²) in [5, 5.41) is 2.68. The molecule has 1 heterocycles. The van der Waals surface area contributed by atoms with Gasteiger partial charge in [0.15, 0.2) is 9.84 Å². The van der Waals surface area contributed by atoms with Crippen LogP contribution in [0.2, 0.25) is 0 Å². The molecule has 2 aliphatic carbocycles. The van der Waals surface area contributed by atoms with Gasteiger partial charge in [-0.05, 0) is 61.9 Å². The fourth-order valence-corrected chi connectivity index (χ4v) is 6.93. The topological polar surface area (TPSA) is 83.6 Å². The van der Waals surface area contributed by atoms with E-state index in [2.05, 4.69) is 21.2 Å². The highest BCUT2D eigenvalue weighted by molar-refractivity contribution is 9.10. The Bertz CT molecular complexity index is 1060. The fourth-order valence-electron chi connectivity index (χ4n) is 5.16. The van der Waals surface area contributed by atoms with Crippen LogP contribution in [0.1, 0.15) is 55.3 Å². The number of hydrogen-bond acceptors (Lipinski definition) is 4. The zero-order valence-corrected chi connectivity index (χ0v) is 20.6. The number of nitrogens with zero attached hydrogens (tertiary/aromatic N) is 1. The first-order valence-electron chi connectivity index (χ1n) is 11.2. The number of amides is 2. The lowest BCUT2D eigenvalue weighted by atomic mass is 9.80. The summed E-state index contributed by atoms with van der Waals surface area (Å²) in [5.74, 6) is -0.0780. The number of rotatable bonds is 5. The Labute approximate surface area is 198 Å². The SMILES string of the molecule is CS(=O)(=O)C1CCCCC1C1=CC=C(N2CC(NC(=O)c3ccc(Br)cc3)CC2=O)CC1. The van der Waals surface area contributed by atoms with E-state index in [9.17, 15) is 18.0 Å². The Morgan fingerprint density at radius 2 is 1.81 bits per heavy atom. The van der Waals surface area contributed by atoms with E-state index in [-0.39, 0.29) is 35.4 Å². The highest BCUT2D eigenvalue weighted by Crippen LogP contribution is 2.38. The summed E-state index contributed by atoms with van der Waals surface area (Å²) in [6.45, 7) is 0.464. The van der Waals surface area contributed by atoms with Crippen molar-refractivity contribution in [3.8, 4) is 0 Å². The summed E-state index contributed by atoms with van der Waals surface area (Å²) in [6.07, 6.45) is 10.8. The van der Waals surface area contributed by atoms with E-state index in [4.69, 9.17) is 0 Å². The van der Waals surface area contributed by atoms with E-state index in [1.54, 1.807) is 17.0 Å². The molecule has 2 amide bonds. The summed E-state index contributed by atoms with van der Waals surface area (Å²) >= 11 is 3.36. The van der Waals surface area contributed by atoms with E-state index < -0.39 is 9.84 Å². The van der Waals surface area contributed by atoms with Gasteiger partial charge in [0.25, 0.3) is 5.91 Å². The Hall–Kier alpha value is -1.93.